The molecule has 4 aromatic rings. The molecule has 0 bridgehead atoms. The second-order valence-electron chi connectivity index (χ2n) is 8.09. The Labute approximate surface area is 201 Å². The molecule has 5 heteroatoms. The van der Waals surface area contributed by atoms with Gasteiger partial charge in [0.15, 0.2) is 5.78 Å². The van der Waals surface area contributed by atoms with E-state index in [4.69, 9.17) is 9.52 Å². The zero-order valence-corrected chi connectivity index (χ0v) is 20.9. The van der Waals surface area contributed by atoms with E-state index in [0.717, 1.165) is 33.4 Å². The number of hydrogen-bond donors (Lipinski definition) is 1. The van der Waals surface area contributed by atoms with Gasteiger partial charge in [-0.2, -0.15) is 0 Å². The van der Waals surface area contributed by atoms with E-state index in [1.54, 1.807) is 0 Å². The first kappa shape index (κ1) is 23.9. The van der Waals surface area contributed by atoms with Gasteiger partial charge in [-0.1, -0.05) is 6.92 Å². The first-order chi connectivity index (χ1) is 14.9. The summed E-state index contributed by atoms with van der Waals surface area (Å²) in [5.41, 5.74) is 7.86. The van der Waals surface area contributed by atoms with Crippen LogP contribution in [0.15, 0.2) is 58.8 Å². The monoisotopic (exact) mass is 605 g/mol. The van der Waals surface area contributed by atoms with Crippen molar-refractivity contribution in [2.24, 2.45) is 0 Å². The van der Waals surface area contributed by atoms with Gasteiger partial charge in [0.05, 0.1) is 5.76 Å². The van der Waals surface area contributed by atoms with Crippen LogP contribution in [-0.2, 0) is 37.7 Å². The molecule has 2 heterocycles. The fraction of sp³-hybridized carbons (Fsp3) is 0.259. The van der Waals surface area contributed by atoms with Crippen molar-refractivity contribution in [2.75, 3.05) is 0 Å². The Morgan fingerprint density at radius 3 is 2.47 bits per heavy atom. The molecule has 0 spiro atoms. The molecule has 1 radical (unpaired) electrons. The number of ketones is 1. The molecule has 5 rings (SSSR count). The molecule has 167 valence electrons. The molecule has 4 nitrogen and oxygen atoms in total. The first-order valence-corrected chi connectivity index (χ1v) is 10.6. The second-order valence-corrected chi connectivity index (χ2v) is 8.09. The van der Waals surface area contributed by atoms with Crippen LogP contribution in [0.1, 0.15) is 43.4 Å². The van der Waals surface area contributed by atoms with Crippen molar-refractivity contribution in [2.45, 2.75) is 46.5 Å². The topological polar surface area (TPSA) is 63.3 Å². The molecule has 1 aliphatic carbocycles. The first-order valence-electron chi connectivity index (χ1n) is 10.6. The van der Waals surface area contributed by atoms with Crippen molar-refractivity contribution in [3.8, 4) is 11.3 Å². The van der Waals surface area contributed by atoms with Gasteiger partial charge >= 0.3 is 0 Å². The SMILES string of the molecule is CC(=O)/C=C(/C)O.Cc1ccc[c-]c1-c1nccc2c1oc1cc3c(cc12)CCCC3.[Ir]. The Bertz CT molecular complexity index is 1300. The summed E-state index contributed by atoms with van der Waals surface area (Å²) in [5.74, 6) is -0.0625. The zero-order valence-electron chi connectivity index (χ0n) is 18.5. The van der Waals surface area contributed by atoms with Gasteiger partial charge in [-0.05, 0) is 68.9 Å². The molecule has 0 aliphatic heterocycles. The number of aliphatic hydroxyl groups excluding tert-OH is 1. The summed E-state index contributed by atoms with van der Waals surface area (Å²) in [7, 11) is 0. The van der Waals surface area contributed by atoms with E-state index in [1.807, 2.05) is 18.3 Å². The van der Waals surface area contributed by atoms with E-state index in [9.17, 15) is 4.79 Å². The van der Waals surface area contributed by atoms with Crippen LogP contribution in [0.2, 0.25) is 0 Å². The number of benzene rings is 2. The standard InChI is InChI=1S/C22H18NO.C5H8O2.Ir/c1-14-6-2-5-9-17(14)21-22-18(10-11-23-21)19-12-15-7-3-4-8-16(15)13-20(19)24-22;1-4(6)3-5(2)7;/h2,5-6,10-13H,3-4,7-8H2,1H3;3,6H,1-2H3;/q-1;;/b;4-3-;. The molecule has 32 heavy (non-hydrogen) atoms. The predicted molar refractivity (Wildman–Crippen MR) is 124 cm³/mol. The Morgan fingerprint density at radius 2 is 1.84 bits per heavy atom. The minimum atomic E-state index is -0.125. The van der Waals surface area contributed by atoms with Crippen molar-refractivity contribution in [3.05, 3.63) is 77.2 Å². The molecular weight excluding hydrogens is 579 g/mol. The number of pyridine rings is 1. The molecule has 0 saturated carbocycles. The van der Waals surface area contributed by atoms with Gasteiger partial charge in [0.2, 0.25) is 0 Å². The summed E-state index contributed by atoms with van der Waals surface area (Å²) < 4.78 is 6.28. The third-order valence-corrected chi connectivity index (χ3v) is 5.56. The number of hydrogen-bond acceptors (Lipinski definition) is 4. The maximum atomic E-state index is 10.0. The fourth-order valence-corrected chi connectivity index (χ4v) is 4.18. The van der Waals surface area contributed by atoms with Gasteiger partial charge in [0.1, 0.15) is 11.2 Å². The average Bonchev–Trinajstić information content (AvgIpc) is 3.09. The van der Waals surface area contributed by atoms with Crippen LogP contribution >= 0.6 is 0 Å². The van der Waals surface area contributed by atoms with Crippen molar-refractivity contribution >= 4 is 27.7 Å². The molecule has 0 saturated heterocycles. The normalized spacial score (nSPS) is 13.2. The van der Waals surface area contributed by atoms with E-state index in [1.165, 1.54) is 62.1 Å². The van der Waals surface area contributed by atoms with Crippen LogP contribution in [-0.4, -0.2) is 15.9 Å². The van der Waals surface area contributed by atoms with E-state index < -0.39 is 0 Å². The van der Waals surface area contributed by atoms with Gasteiger partial charge < -0.3 is 14.5 Å². The fourth-order valence-electron chi connectivity index (χ4n) is 4.18. The molecule has 0 fully saturated rings. The van der Waals surface area contributed by atoms with Crippen LogP contribution in [0.5, 0.6) is 0 Å². The van der Waals surface area contributed by atoms with E-state index in [0.29, 0.717) is 0 Å². The van der Waals surface area contributed by atoms with Crippen molar-refractivity contribution in [1.82, 2.24) is 4.98 Å². The molecular formula is C27H26IrNO3-. The summed E-state index contributed by atoms with van der Waals surface area (Å²) in [6.07, 6.45) is 7.97. The maximum absolute atomic E-state index is 10.0. The largest absolute Gasteiger partial charge is 0.512 e. The maximum Gasteiger partial charge on any atom is 0.155 e. The van der Waals surface area contributed by atoms with Crippen molar-refractivity contribution in [1.29, 1.82) is 0 Å². The summed E-state index contributed by atoms with van der Waals surface area (Å²) in [4.78, 5) is 14.6. The number of carbonyl (C=O) groups excluding carboxylic acids is 1. The number of nitrogens with zero attached hydrogens (tertiary/aromatic N) is 1. The molecule has 0 amide bonds. The molecule has 1 N–H and O–H groups in total. The number of aliphatic hydroxyl groups is 1. The van der Waals surface area contributed by atoms with Crippen molar-refractivity contribution in [3.63, 3.8) is 0 Å². The number of fused-ring (bicyclic) bond motifs is 4. The second kappa shape index (κ2) is 10.2. The summed E-state index contributed by atoms with van der Waals surface area (Å²) in [5, 5.41) is 10.7. The predicted octanol–water partition coefficient (Wildman–Crippen LogP) is 6.67. The van der Waals surface area contributed by atoms with Gasteiger partial charge in [-0.3, -0.25) is 4.79 Å². The third kappa shape index (κ3) is 5.00. The molecule has 1 aliphatic rings. The van der Waals surface area contributed by atoms with Crippen LogP contribution in [0, 0.1) is 13.0 Å². The molecule has 0 unspecified atom stereocenters. The van der Waals surface area contributed by atoms with Crippen LogP contribution in [0.25, 0.3) is 33.2 Å². The summed E-state index contributed by atoms with van der Waals surface area (Å²) in [6.45, 7) is 4.94. The Balaban J connectivity index is 0.000000318. The minimum absolute atomic E-state index is 0. The molecule has 2 aromatic heterocycles. The van der Waals surface area contributed by atoms with E-state index in [2.05, 4.69) is 42.2 Å². The van der Waals surface area contributed by atoms with Gasteiger partial charge in [0, 0.05) is 48.8 Å². The Kier molecular flexibility index (Phi) is 7.65. The van der Waals surface area contributed by atoms with E-state index >= 15 is 0 Å². The van der Waals surface area contributed by atoms with Crippen LogP contribution < -0.4 is 0 Å². The van der Waals surface area contributed by atoms with Crippen LogP contribution in [0.4, 0.5) is 0 Å². The number of allylic oxidation sites excluding steroid dienone is 2. The quantitative estimate of drug-likeness (QED) is 0.158. The number of aromatic nitrogens is 1. The van der Waals surface area contributed by atoms with E-state index in [-0.39, 0.29) is 31.6 Å². The van der Waals surface area contributed by atoms with Gasteiger partial charge in [-0.15, -0.1) is 35.4 Å². The Morgan fingerprint density at radius 1 is 1.12 bits per heavy atom. The minimum Gasteiger partial charge on any atom is -0.512 e. The molecule has 0 atom stereocenters. The molecule has 2 aromatic carbocycles. The van der Waals surface area contributed by atoms with Gasteiger partial charge in [0.25, 0.3) is 0 Å². The number of aryl methyl sites for hydroxylation is 3. The number of rotatable bonds is 2. The summed E-state index contributed by atoms with van der Waals surface area (Å²) >= 11 is 0. The van der Waals surface area contributed by atoms with Crippen molar-refractivity contribution < 1.29 is 34.4 Å². The third-order valence-electron chi connectivity index (χ3n) is 5.56. The smallest absolute Gasteiger partial charge is 0.155 e. The number of furan rings is 1. The zero-order chi connectivity index (χ0) is 22.0. The average molecular weight is 605 g/mol. The van der Waals surface area contributed by atoms with Gasteiger partial charge in [-0.25, -0.2) is 0 Å². The Hall–Kier alpha value is -2.75. The number of carbonyl (C=O) groups is 1. The summed E-state index contributed by atoms with van der Waals surface area (Å²) in [6, 6.07) is 16.0. The van der Waals surface area contributed by atoms with Crippen LogP contribution in [0.3, 0.4) is 0 Å².